The van der Waals surface area contributed by atoms with E-state index in [2.05, 4.69) is 5.32 Å². The lowest BCUT2D eigenvalue weighted by Crippen LogP contribution is -2.47. The summed E-state index contributed by atoms with van der Waals surface area (Å²) in [6, 6.07) is -0.166. The standard InChI is InChI=1S/C14H26N2O3/c1-3-19-13(17)8-7-9-15-12(2)14(18)16-10-5-4-6-11-16/h12,15H,3-11H2,1-2H3/t12-/m1/s1. The zero-order valence-corrected chi connectivity index (χ0v) is 12.1. The van der Waals surface area contributed by atoms with Crippen LogP contribution in [0.15, 0.2) is 0 Å². The number of carbonyl (C=O) groups is 2. The van der Waals surface area contributed by atoms with Gasteiger partial charge in [0.1, 0.15) is 0 Å². The summed E-state index contributed by atoms with van der Waals surface area (Å²) in [4.78, 5) is 25.2. The van der Waals surface area contributed by atoms with Gasteiger partial charge in [-0.25, -0.2) is 0 Å². The van der Waals surface area contributed by atoms with Crippen LogP contribution in [0.2, 0.25) is 0 Å². The molecule has 5 nitrogen and oxygen atoms in total. The number of piperidine rings is 1. The van der Waals surface area contributed by atoms with E-state index >= 15 is 0 Å². The van der Waals surface area contributed by atoms with Crippen molar-refractivity contribution in [2.75, 3.05) is 26.2 Å². The van der Waals surface area contributed by atoms with Gasteiger partial charge in [0.25, 0.3) is 0 Å². The molecule has 0 aliphatic carbocycles. The van der Waals surface area contributed by atoms with Crippen LogP contribution in [0, 0.1) is 0 Å². The van der Waals surface area contributed by atoms with Crippen molar-refractivity contribution in [2.24, 2.45) is 0 Å². The maximum absolute atomic E-state index is 12.1. The number of nitrogens with one attached hydrogen (secondary N) is 1. The van der Waals surface area contributed by atoms with E-state index in [0.717, 1.165) is 25.9 Å². The van der Waals surface area contributed by atoms with E-state index in [1.807, 2.05) is 11.8 Å². The molecule has 1 aliphatic rings. The van der Waals surface area contributed by atoms with Crippen LogP contribution < -0.4 is 5.32 Å². The highest BCUT2D eigenvalue weighted by Gasteiger charge is 2.21. The molecule has 1 amide bonds. The molecule has 0 saturated carbocycles. The summed E-state index contributed by atoms with van der Waals surface area (Å²) >= 11 is 0. The normalized spacial score (nSPS) is 17.1. The van der Waals surface area contributed by atoms with Crippen molar-refractivity contribution in [2.45, 2.75) is 52.0 Å². The minimum absolute atomic E-state index is 0.166. The van der Waals surface area contributed by atoms with Gasteiger partial charge in [-0.1, -0.05) is 0 Å². The summed E-state index contributed by atoms with van der Waals surface area (Å²) in [5.74, 6) is 0.00939. The minimum Gasteiger partial charge on any atom is -0.466 e. The third-order valence-corrected chi connectivity index (χ3v) is 3.35. The van der Waals surface area contributed by atoms with Crippen molar-refractivity contribution in [3.63, 3.8) is 0 Å². The predicted octanol–water partition coefficient (Wildman–Crippen LogP) is 1.32. The number of hydrogen-bond donors (Lipinski definition) is 1. The first-order chi connectivity index (χ1) is 9.15. The summed E-state index contributed by atoms with van der Waals surface area (Å²) in [7, 11) is 0. The molecule has 1 aliphatic heterocycles. The Morgan fingerprint density at radius 2 is 1.95 bits per heavy atom. The number of rotatable bonds is 7. The molecule has 1 atom stereocenters. The second-order valence-electron chi connectivity index (χ2n) is 4.97. The van der Waals surface area contributed by atoms with Crippen LogP contribution in [0.1, 0.15) is 46.0 Å². The van der Waals surface area contributed by atoms with E-state index < -0.39 is 0 Å². The molecule has 19 heavy (non-hydrogen) atoms. The van der Waals surface area contributed by atoms with E-state index in [9.17, 15) is 9.59 Å². The number of amides is 1. The highest BCUT2D eigenvalue weighted by atomic mass is 16.5. The van der Waals surface area contributed by atoms with E-state index in [1.165, 1.54) is 6.42 Å². The zero-order chi connectivity index (χ0) is 14.1. The summed E-state index contributed by atoms with van der Waals surface area (Å²) in [5, 5.41) is 3.18. The average molecular weight is 270 g/mol. The van der Waals surface area contributed by atoms with E-state index in [0.29, 0.717) is 26.0 Å². The first kappa shape index (κ1) is 16.0. The first-order valence-electron chi connectivity index (χ1n) is 7.33. The molecule has 110 valence electrons. The predicted molar refractivity (Wildman–Crippen MR) is 73.8 cm³/mol. The molecule has 0 aromatic heterocycles. The number of hydrogen-bond acceptors (Lipinski definition) is 4. The van der Waals surface area contributed by atoms with E-state index in [4.69, 9.17) is 4.74 Å². The fraction of sp³-hybridized carbons (Fsp3) is 0.857. The zero-order valence-electron chi connectivity index (χ0n) is 12.1. The number of carbonyl (C=O) groups excluding carboxylic acids is 2. The maximum Gasteiger partial charge on any atom is 0.305 e. The SMILES string of the molecule is CCOC(=O)CCCN[C@H](C)C(=O)N1CCCCC1. The van der Waals surface area contributed by atoms with Crippen molar-refractivity contribution in [3.8, 4) is 0 Å². The summed E-state index contributed by atoms with van der Waals surface area (Å²) in [5.41, 5.74) is 0. The van der Waals surface area contributed by atoms with Crippen molar-refractivity contribution in [1.29, 1.82) is 0 Å². The molecule has 0 aromatic rings. The van der Waals surface area contributed by atoms with Crippen molar-refractivity contribution in [3.05, 3.63) is 0 Å². The number of likely N-dealkylation sites (tertiary alicyclic amines) is 1. The van der Waals surface area contributed by atoms with E-state index in [1.54, 1.807) is 6.92 Å². The van der Waals surface area contributed by atoms with Gasteiger partial charge in [0.05, 0.1) is 12.6 Å². The third kappa shape index (κ3) is 6.05. The van der Waals surface area contributed by atoms with E-state index in [-0.39, 0.29) is 17.9 Å². The fourth-order valence-corrected chi connectivity index (χ4v) is 2.26. The molecule has 1 rings (SSSR count). The molecule has 1 saturated heterocycles. The average Bonchev–Trinajstić information content (AvgIpc) is 2.44. The molecule has 1 fully saturated rings. The van der Waals surface area contributed by atoms with Gasteiger partial charge >= 0.3 is 5.97 Å². The Morgan fingerprint density at radius 1 is 1.26 bits per heavy atom. The molecule has 0 unspecified atom stereocenters. The third-order valence-electron chi connectivity index (χ3n) is 3.35. The molecular formula is C14H26N2O3. The van der Waals surface area contributed by atoms with Gasteiger partial charge < -0.3 is 15.0 Å². The molecule has 1 heterocycles. The lowest BCUT2D eigenvalue weighted by atomic mass is 10.1. The molecule has 1 N–H and O–H groups in total. The number of nitrogens with zero attached hydrogens (tertiary/aromatic N) is 1. The molecule has 0 bridgehead atoms. The van der Waals surface area contributed by atoms with Crippen LogP contribution in [0.5, 0.6) is 0 Å². The monoisotopic (exact) mass is 270 g/mol. The Kier molecular flexibility index (Phi) is 7.48. The lowest BCUT2D eigenvalue weighted by Gasteiger charge is -2.29. The van der Waals surface area contributed by atoms with Gasteiger partial charge in [0, 0.05) is 19.5 Å². The maximum atomic E-state index is 12.1. The Hall–Kier alpha value is -1.10. The van der Waals surface area contributed by atoms with Gasteiger partial charge in [-0.2, -0.15) is 0 Å². The van der Waals surface area contributed by atoms with Crippen LogP contribution in [0.3, 0.4) is 0 Å². The smallest absolute Gasteiger partial charge is 0.305 e. The highest BCUT2D eigenvalue weighted by molar-refractivity contribution is 5.81. The van der Waals surface area contributed by atoms with Gasteiger partial charge in [0.15, 0.2) is 0 Å². The summed E-state index contributed by atoms with van der Waals surface area (Å²) in [6.07, 6.45) is 4.57. The molecule has 0 spiro atoms. The molecular weight excluding hydrogens is 244 g/mol. The quantitative estimate of drug-likeness (QED) is 0.560. The van der Waals surface area contributed by atoms with Crippen LogP contribution in [-0.2, 0) is 14.3 Å². The summed E-state index contributed by atoms with van der Waals surface area (Å²) in [6.45, 7) is 6.55. The van der Waals surface area contributed by atoms with Crippen LogP contribution in [-0.4, -0.2) is 49.1 Å². The van der Waals surface area contributed by atoms with Crippen molar-refractivity contribution in [1.82, 2.24) is 10.2 Å². The van der Waals surface area contributed by atoms with Gasteiger partial charge in [-0.3, -0.25) is 9.59 Å². The Balaban J connectivity index is 2.14. The molecule has 0 aromatic carbocycles. The Bertz CT molecular complexity index is 288. The topological polar surface area (TPSA) is 58.6 Å². The van der Waals surface area contributed by atoms with Gasteiger partial charge in [0.2, 0.25) is 5.91 Å². The van der Waals surface area contributed by atoms with Crippen LogP contribution in [0.4, 0.5) is 0 Å². The molecule has 0 radical (unpaired) electrons. The van der Waals surface area contributed by atoms with Crippen LogP contribution in [0.25, 0.3) is 0 Å². The minimum atomic E-state index is -0.167. The molecule has 5 heteroatoms. The van der Waals surface area contributed by atoms with Crippen molar-refractivity contribution >= 4 is 11.9 Å². The first-order valence-corrected chi connectivity index (χ1v) is 7.33. The Labute approximate surface area is 115 Å². The largest absolute Gasteiger partial charge is 0.466 e. The second kappa shape index (κ2) is 8.91. The lowest BCUT2D eigenvalue weighted by molar-refractivity contribution is -0.143. The second-order valence-corrected chi connectivity index (χ2v) is 4.97. The van der Waals surface area contributed by atoms with Crippen molar-refractivity contribution < 1.29 is 14.3 Å². The number of ether oxygens (including phenoxy) is 1. The van der Waals surface area contributed by atoms with Crippen LogP contribution >= 0.6 is 0 Å². The highest BCUT2D eigenvalue weighted by Crippen LogP contribution is 2.09. The number of esters is 1. The summed E-state index contributed by atoms with van der Waals surface area (Å²) < 4.78 is 4.85. The Morgan fingerprint density at radius 3 is 2.58 bits per heavy atom. The van der Waals surface area contributed by atoms with Gasteiger partial charge in [-0.05, 0) is 46.1 Å². The fourth-order valence-electron chi connectivity index (χ4n) is 2.26. The van der Waals surface area contributed by atoms with Gasteiger partial charge in [-0.15, -0.1) is 0 Å².